The molecule has 0 saturated carbocycles. The second-order valence-electron chi connectivity index (χ2n) is 6.46. The molecule has 2 N–H and O–H groups in total. The van der Waals surface area contributed by atoms with E-state index in [-0.39, 0.29) is 18.9 Å². The second-order valence-corrected chi connectivity index (χ2v) is 6.46. The molecule has 6 nitrogen and oxygen atoms in total. The van der Waals surface area contributed by atoms with Crippen LogP contribution in [-0.2, 0) is 16.0 Å². The first-order chi connectivity index (χ1) is 13.8. The number of rotatable bonds is 6. The van der Waals surface area contributed by atoms with E-state index in [1.165, 1.54) is 5.56 Å². The Morgan fingerprint density at radius 2 is 1.72 bits per heavy atom. The molecule has 3 rings (SSSR count). The van der Waals surface area contributed by atoms with Crippen molar-refractivity contribution in [3.05, 3.63) is 54.1 Å². The molecule has 1 aliphatic rings. The Labute approximate surface area is 165 Å². The first-order valence-corrected chi connectivity index (χ1v) is 9.05. The van der Waals surface area contributed by atoms with Crippen molar-refractivity contribution in [2.24, 2.45) is 0 Å². The van der Waals surface area contributed by atoms with E-state index in [2.05, 4.69) is 26.3 Å². The van der Waals surface area contributed by atoms with Crippen LogP contribution in [0.5, 0.6) is 0 Å². The lowest BCUT2D eigenvalue weighted by molar-refractivity contribution is -0.160. The molecule has 154 valence electrons. The summed E-state index contributed by atoms with van der Waals surface area (Å²) in [6.45, 7) is -1.02. The van der Waals surface area contributed by atoms with Gasteiger partial charge < -0.3 is 20.3 Å². The molecule has 0 radical (unpaired) electrons. The highest BCUT2D eigenvalue weighted by molar-refractivity contribution is 5.95. The third-order valence-electron chi connectivity index (χ3n) is 4.34. The van der Waals surface area contributed by atoms with Gasteiger partial charge in [0.15, 0.2) is 6.61 Å². The molecule has 0 saturated heterocycles. The van der Waals surface area contributed by atoms with Gasteiger partial charge >= 0.3 is 12.3 Å². The third-order valence-corrected chi connectivity index (χ3v) is 4.34. The number of carbonyl (C=O) groups excluding carboxylic acids is 2. The van der Waals surface area contributed by atoms with Crippen LogP contribution in [0.3, 0.4) is 0 Å². The summed E-state index contributed by atoms with van der Waals surface area (Å²) < 4.78 is 40.0. The summed E-state index contributed by atoms with van der Waals surface area (Å²) in [7, 11) is 0. The van der Waals surface area contributed by atoms with Gasteiger partial charge in [0.2, 0.25) is 5.91 Å². The molecule has 1 aliphatic heterocycles. The van der Waals surface area contributed by atoms with Gasteiger partial charge in [0.05, 0.1) is 11.4 Å². The lowest BCUT2D eigenvalue weighted by Gasteiger charge is -2.23. The molecule has 0 aliphatic carbocycles. The summed E-state index contributed by atoms with van der Waals surface area (Å²) in [6, 6.07) is 15.4. The Hall–Kier alpha value is -3.23. The summed E-state index contributed by atoms with van der Waals surface area (Å²) in [5.41, 5.74) is 3.79. The summed E-state index contributed by atoms with van der Waals surface area (Å²) in [6.07, 6.45) is -5.01. The van der Waals surface area contributed by atoms with Gasteiger partial charge in [0, 0.05) is 25.2 Å². The minimum absolute atomic E-state index is 0.105. The summed E-state index contributed by atoms with van der Waals surface area (Å²) in [5.74, 6) is -0.374. The lowest BCUT2D eigenvalue weighted by Crippen LogP contribution is -2.31. The van der Waals surface area contributed by atoms with E-state index in [1.54, 1.807) is 12.1 Å². The number of anilines is 3. The average Bonchev–Trinajstić information content (AvgIpc) is 3.10. The number of fused-ring (bicyclic) bond motifs is 1. The van der Waals surface area contributed by atoms with Gasteiger partial charge in [-0.05, 0) is 30.2 Å². The fraction of sp³-hybridized carbons (Fsp3) is 0.300. The summed E-state index contributed by atoms with van der Waals surface area (Å²) in [5, 5.41) is 4.92. The Kier molecular flexibility index (Phi) is 6.26. The molecule has 2 aromatic rings. The van der Waals surface area contributed by atoms with Crippen LogP contribution < -0.4 is 15.5 Å². The zero-order valence-electron chi connectivity index (χ0n) is 15.5. The topological polar surface area (TPSA) is 70.7 Å². The summed E-state index contributed by atoms with van der Waals surface area (Å²) in [4.78, 5) is 25.5. The number of alkyl carbamates (subject to hydrolysis) is 1. The van der Waals surface area contributed by atoms with E-state index in [0.717, 1.165) is 24.3 Å². The number of nitrogens with one attached hydrogen (secondary N) is 2. The molecule has 2 aromatic carbocycles. The van der Waals surface area contributed by atoms with Crippen LogP contribution in [0.25, 0.3) is 0 Å². The Morgan fingerprint density at radius 1 is 1.03 bits per heavy atom. The maximum absolute atomic E-state index is 12.2. The zero-order chi connectivity index (χ0) is 20.9. The monoisotopic (exact) mass is 407 g/mol. The van der Waals surface area contributed by atoms with Crippen molar-refractivity contribution in [2.75, 3.05) is 29.9 Å². The van der Waals surface area contributed by atoms with Crippen molar-refractivity contribution in [1.82, 2.24) is 5.32 Å². The van der Waals surface area contributed by atoms with E-state index in [4.69, 9.17) is 0 Å². The molecule has 29 heavy (non-hydrogen) atoms. The van der Waals surface area contributed by atoms with E-state index < -0.39 is 18.9 Å². The lowest BCUT2D eigenvalue weighted by atomic mass is 10.1. The molecular formula is C20H20F3N3O3. The van der Waals surface area contributed by atoms with Gasteiger partial charge in [-0.25, -0.2) is 4.79 Å². The highest BCUT2D eigenvalue weighted by Gasteiger charge is 2.29. The number of alkyl halides is 3. The Morgan fingerprint density at radius 3 is 2.48 bits per heavy atom. The van der Waals surface area contributed by atoms with Crippen molar-refractivity contribution in [3.63, 3.8) is 0 Å². The van der Waals surface area contributed by atoms with Crippen LogP contribution >= 0.6 is 0 Å². The van der Waals surface area contributed by atoms with Crippen LogP contribution in [0.15, 0.2) is 48.5 Å². The molecule has 0 aromatic heterocycles. The number of ether oxygens (including phenoxy) is 1. The average molecular weight is 407 g/mol. The van der Waals surface area contributed by atoms with Crippen molar-refractivity contribution in [2.45, 2.75) is 19.0 Å². The highest BCUT2D eigenvalue weighted by atomic mass is 19.4. The minimum Gasteiger partial charge on any atom is -0.440 e. The molecule has 0 unspecified atom stereocenters. The van der Waals surface area contributed by atoms with Crippen molar-refractivity contribution < 1.29 is 27.5 Å². The predicted molar refractivity (Wildman–Crippen MR) is 102 cm³/mol. The molecule has 9 heteroatoms. The van der Waals surface area contributed by atoms with Crippen LogP contribution in [0.2, 0.25) is 0 Å². The molecule has 2 amide bonds. The van der Waals surface area contributed by atoms with Gasteiger partial charge in [-0.1, -0.05) is 30.3 Å². The minimum atomic E-state index is -4.59. The number of halogens is 3. The Bertz CT molecular complexity index is 887. The molecule has 0 spiro atoms. The van der Waals surface area contributed by atoms with Crippen LogP contribution in [0.4, 0.5) is 35.0 Å². The SMILES string of the molecule is O=C(CCNC(=O)OCC(F)(F)F)Nc1ccccc1N1CCc2ccccc21. The van der Waals surface area contributed by atoms with Crippen LogP contribution in [0.1, 0.15) is 12.0 Å². The maximum Gasteiger partial charge on any atom is 0.422 e. The summed E-state index contributed by atoms with van der Waals surface area (Å²) >= 11 is 0. The van der Waals surface area contributed by atoms with Crippen molar-refractivity contribution >= 4 is 29.1 Å². The van der Waals surface area contributed by atoms with E-state index in [0.29, 0.717) is 5.69 Å². The van der Waals surface area contributed by atoms with E-state index >= 15 is 0 Å². The van der Waals surface area contributed by atoms with Crippen LogP contribution in [-0.4, -0.2) is 37.9 Å². The van der Waals surface area contributed by atoms with Crippen LogP contribution in [0, 0.1) is 0 Å². The van der Waals surface area contributed by atoms with Gasteiger partial charge in [0.1, 0.15) is 0 Å². The van der Waals surface area contributed by atoms with Gasteiger partial charge in [-0.15, -0.1) is 0 Å². The molecule has 0 fully saturated rings. The number of para-hydroxylation sites is 3. The number of amides is 2. The van der Waals surface area contributed by atoms with Crippen molar-refractivity contribution in [3.8, 4) is 0 Å². The quantitative estimate of drug-likeness (QED) is 0.760. The highest BCUT2D eigenvalue weighted by Crippen LogP contribution is 2.38. The molecule has 0 atom stereocenters. The maximum atomic E-state index is 12.2. The van der Waals surface area contributed by atoms with Gasteiger partial charge in [-0.3, -0.25) is 4.79 Å². The largest absolute Gasteiger partial charge is 0.440 e. The number of hydrogen-bond donors (Lipinski definition) is 2. The molecule has 1 heterocycles. The zero-order valence-corrected chi connectivity index (χ0v) is 15.5. The number of hydrogen-bond acceptors (Lipinski definition) is 4. The van der Waals surface area contributed by atoms with Gasteiger partial charge in [-0.2, -0.15) is 13.2 Å². The number of nitrogens with zero attached hydrogens (tertiary/aromatic N) is 1. The standard InChI is InChI=1S/C20H20F3N3O3/c21-20(22,23)13-29-19(28)24-11-9-18(27)25-15-6-2-4-8-17(15)26-12-10-14-5-1-3-7-16(14)26/h1-8H,9-13H2,(H,24,28)(H,25,27). The Balaban J connectivity index is 1.55. The smallest absolute Gasteiger partial charge is 0.422 e. The van der Waals surface area contributed by atoms with Crippen molar-refractivity contribution in [1.29, 1.82) is 0 Å². The molecular weight excluding hydrogens is 387 g/mol. The fourth-order valence-electron chi connectivity index (χ4n) is 3.09. The first kappa shape index (κ1) is 20.5. The second kappa shape index (κ2) is 8.85. The fourth-order valence-corrected chi connectivity index (χ4v) is 3.09. The third kappa shape index (κ3) is 5.63. The normalized spacial score (nSPS) is 13.0. The molecule has 0 bridgehead atoms. The number of carbonyl (C=O) groups is 2. The predicted octanol–water partition coefficient (Wildman–Crippen LogP) is 4.00. The van der Waals surface area contributed by atoms with E-state index in [9.17, 15) is 22.8 Å². The van der Waals surface area contributed by atoms with E-state index in [1.807, 2.05) is 30.3 Å². The first-order valence-electron chi connectivity index (χ1n) is 9.05. The number of benzene rings is 2. The van der Waals surface area contributed by atoms with Gasteiger partial charge in [0.25, 0.3) is 0 Å².